The Morgan fingerprint density at radius 2 is 1.36 bits per heavy atom. The standard InChI is InChI=1S/C28H33Si2.2ClH.Zr/c1-20(21-13-9-8-10-14-21)25-19-26(29(2,3)4)28(30(5,6)7)27(25)24-18-17-22-15-11-12-16-23(22)24;;;/h8-18,24H,1-7H3;2*1H;/q-1;;;+3/p-2. The third-order valence-corrected chi connectivity index (χ3v) is 10.4. The quantitative estimate of drug-likeness (QED) is 0.380. The van der Waals surface area contributed by atoms with Crippen molar-refractivity contribution in [3.63, 3.8) is 0 Å². The average molecular weight is 588 g/mol. The van der Waals surface area contributed by atoms with E-state index in [4.69, 9.17) is 0 Å². The molecule has 2 aromatic rings. The van der Waals surface area contributed by atoms with Gasteiger partial charge in [0.15, 0.2) is 0 Å². The molecule has 0 heterocycles. The van der Waals surface area contributed by atoms with Gasteiger partial charge in [0.05, 0.1) is 8.07 Å². The Hall–Kier alpha value is -0.703. The van der Waals surface area contributed by atoms with Crippen molar-refractivity contribution in [2.75, 3.05) is 0 Å². The van der Waals surface area contributed by atoms with Gasteiger partial charge < -0.3 is 24.8 Å². The fourth-order valence-electron chi connectivity index (χ4n) is 4.80. The van der Waals surface area contributed by atoms with Gasteiger partial charge in [0.2, 0.25) is 0 Å². The fourth-order valence-corrected chi connectivity index (χ4v) is 10.3. The molecule has 0 fully saturated rings. The summed E-state index contributed by atoms with van der Waals surface area (Å²) in [5, 5.41) is 3.22. The molecule has 0 aromatic heterocycles. The van der Waals surface area contributed by atoms with E-state index in [2.05, 4.69) is 119 Å². The Labute approximate surface area is 234 Å². The van der Waals surface area contributed by atoms with E-state index in [1.165, 1.54) is 33.4 Å². The van der Waals surface area contributed by atoms with Crippen LogP contribution in [0.3, 0.4) is 0 Å². The molecule has 0 amide bonds. The topological polar surface area (TPSA) is 0 Å². The molecule has 4 rings (SSSR count). The van der Waals surface area contributed by atoms with Gasteiger partial charge in [-0.05, 0) is 17.0 Å². The molecule has 0 aliphatic heterocycles. The Morgan fingerprint density at radius 1 is 0.788 bits per heavy atom. The second kappa shape index (κ2) is 11.4. The van der Waals surface area contributed by atoms with Crippen molar-refractivity contribution in [3.05, 3.63) is 105 Å². The zero-order valence-electron chi connectivity index (χ0n) is 20.7. The van der Waals surface area contributed by atoms with E-state index in [0.29, 0.717) is 5.92 Å². The zero-order valence-corrected chi connectivity index (χ0v) is 26.7. The summed E-state index contributed by atoms with van der Waals surface area (Å²) in [6, 6.07) is 19.8. The van der Waals surface area contributed by atoms with Gasteiger partial charge in [-0.2, -0.15) is 10.8 Å². The van der Waals surface area contributed by atoms with E-state index in [9.17, 15) is 0 Å². The van der Waals surface area contributed by atoms with Crippen LogP contribution in [0.4, 0.5) is 0 Å². The van der Waals surface area contributed by atoms with Crippen LogP contribution in [0.2, 0.25) is 39.3 Å². The molecule has 1 unspecified atom stereocenters. The minimum absolute atomic E-state index is 0. The predicted molar refractivity (Wildman–Crippen MR) is 138 cm³/mol. The first kappa shape index (κ1) is 30.3. The monoisotopic (exact) mass is 585 g/mol. The molecule has 0 saturated carbocycles. The third-order valence-electron chi connectivity index (χ3n) is 6.23. The van der Waals surface area contributed by atoms with Crippen LogP contribution in [0.1, 0.15) is 29.5 Å². The van der Waals surface area contributed by atoms with Crippen LogP contribution in [0, 0.1) is 6.08 Å². The first-order valence-electron chi connectivity index (χ1n) is 11.0. The number of hydrogen-bond acceptors (Lipinski definition) is 0. The van der Waals surface area contributed by atoms with Crippen molar-refractivity contribution in [2.24, 2.45) is 0 Å². The number of fused-ring (bicyclic) bond motifs is 1. The van der Waals surface area contributed by atoms with E-state index in [1.807, 2.05) is 0 Å². The summed E-state index contributed by atoms with van der Waals surface area (Å²) in [4.78, 5) is 0. The largest absolute Gasteiger partial charge is 3.00 e. The van der Waals surface area contributed by atoms with Crippen LogP contribution in [0.15, 0.2) is 82.2 Å². The molecular weight excluding hydrogens is 555 g/mol. The van der Waals surface area contributed by atoms with Gasteiger partial charge in [-0.15, -0.1) is 22.4 Å². The number of allylic oxidation sites excluding steroid dienone is 7. The van der Waals surface area contributed by atoms with Crippen LogP contribution in [0.5, 0.6) is 0 Å². The minimum atomic E-state index is -1.59. The minimum Gasteiger partial charge on any atom is -1.00 e. The van der Waals surface area contributed by atoms with Gasteiger partial charge in [-0.25, -0.2) is 0 Å². The van der Waals surface area contributed by atoms with Crippen molar-refractivity contribution in [1.82, 2.24) is 0 Å². The second-order valence-electron chi connectivity index (χ2n) is 10.6. The molecule has 0 nitrogen and oxygen atoms in total. The van der Waals surface area contributed by atoms with E-state index in [-0.39, 0.29) is 51.0 Å². The predicted octanol–water partition coefficient (Wildman–Crippen LogP) is 2.07. The average Bonchev–Trinajstić information content (AvgIpc) is 3.29. The van der Waals surface area contributed by atoms with E-state index in [1.54, 1.807) is 10.4 Å². The van der Waals surface area contributed by atoms with Gasteiger partial charge in [0.1, 0.15) is 0 Å². The number of benzene rings is 2. The molecular formula is C28H33Cl2Si2Zr. The molecule has 0 N–H and O–H groups in total. The number of hydrogen-bond donors (Lipinski definition) is 0. The Morgan fingerprint density at radius 3 is 1.94 bits per heavy atom. The van der Waals surface area contributed by atoms with Crippen molar-refractivity contribution >= 4 is 27.8 Å². The maximum atomic E-state index is 4.03. The van der Waals surface area contributed by atoms with E-state index in [0.717, 1.165) is 0 Å². The van der Waals surface area contributed by atoms with Crippen LogP contribution in [-0.4, -0.2) is 16.1 Å². The fraction of sp³-hybridized carbons (Fsp3) is 0.286. The van der Waals surface area contributed by atoms with E-state index < -0.39 is 16.1 Å². The summed E-state index contributed by atoms with van der Waals surface area (Å²) in [7, 11) is -3.14. The van der Waals surface area contributed by atoms with Gasteiger partial charge in [-0.3, -0.25) is 0 Å². The summed E-state index contributed by atoms with van der Waals surface area (Å²) >= 11 is 0. The maximum Gasteiger partial charge on any atom is 3.00 e. The normalized spacial score (nSPS) is 18.6. The molecule has 0 saturated heterocycles. The Bertz CT molecular complexity index is 1110. The SMILES string of the molecule is CC(=C1[C-]=C([Si](C)(C)C)C([Si](C)(C)C)=C1C1C=Cc2ccccc21)c1ccccc1.[Cl-].[Cl-].[Zr+3]. The van der Waals surface area contributed by atoms with E-state index >= 15 is 0 Å². The Kier molecular flexibility index (Phi) is 10.4. The second-order valence-corrected chi connectivity index (χ2v) is 20.6. The van der Waals surface area contributed by atoms with Gasteiger partial charge in [0.25, 0.3) is 0 Å². The summed E-state index contributed by atoms with van der Waals surface area (Å²) in [6.07, 6.45) is 8.77. The van der Waals surface area contributed by atoms with Crippen molar-refractivity contribution in [3.8, 4) is 0 Å². The maximum absolute atomic E-state index is 4.03. The zero-order chi connectivity index (χ0) is 21.7. The van der Waals surface area contributed by atoms with Crippen LogP contribution < -0.4 is 24.8 Å². The number of rotatable bonds is 4. The molecule has 0 bridgehead atoms. The molecule has 1 atom stereocenters. The van der Waals surface area contributed by atoms with Crippen molar-refractivity contribution in [2.45, 2.75) is 52.1 Å². The molecule has 2 aliphatic rings. The van der Waals surface area contributed by atoms with Gasteiger partial charge in [0, 0.05) is 8.07 Å². The molecule has 2 aromatic carbocycles. The summed E-state index contributed by atoms with van der Waals surface area (Å²) in [5.74, 6) is 0.331. The molecule has 0 spiro atoms. The first-order chi connectivity index (χ1) is 14.1. The summed E-state index contributed by atoms with van der Waals surface area (Å²) < 4.78 is 0. The van der Waals surface area contributed by atoms with Crippen LogP contribution in [0.25, 0.3) is 11.6 Å². The van der Waals surface area contributed by atoms with Gasteiger partial charge in [-0.1, -0.05) is 119 Å². The smallest absolute Gasteiger partial charge is 1.00 e. The molecule has 5 heteroatoms. The first-order valence-corrected chi connectivity index (χ1v) is 18.0. The molecule has 33 heavy (non-hydrogen) atoms. The van der Waals surface area contributed by atoms with Gasteiger partial charge >= 0.3 is 26.2 Å². The summed E-state index contributed by atoms with van der Waals surface area (Å²) in [6.45, 7) is 17.3. The molecule has 171 valence electrons. The Balaban J connectivity index is 0.00000181. The van der Waals surface area contributed by atoms with Crippen LogP contribution >= 0.6 is 0 Å². The summed E-state index contributed by atoms with van der Waals surface area (Å²) in [5.41, 5.74) is 8.35. The molecule has 1 radical (unpaired) electrons. The van der Waals surface area contributed by atoms with Crippen molar-refractivity contribution < 1.29 is 51.0 Å². The number of halogens is 2. The molecule has 2 aliphatic carbocycles. The third kappa shape index (κ3) is 5.93. The van der Waals surface area contributed by atoms with Crippen LogP contribution in [-0.2, 0) is 26.2 Å². The van der Waals surface area contributed by atoms with Crippen molar-refractivity contribution in [1.29, 1.82) is 0 Å².